The predicted molar refractivity (Wildman–Crippen MR) is 91.2 cm³/mol. The maximum Gasteiger partial charge on any atom is 0.321 e. The monoisotopic (exact) mass is 383 g/mol. The van der Waals surface area contributed by atoms with Gasteiger partial charge in [0.25, 0.3) is 0 Å². The Labute approximate surface area is 144 Å². The lowest BCUT2D eigenvalue weighted by molar-refractivity contribution is -0.129. The number of hydrogen-bond acceptors (Lipinski definition) is 3. The van der Waals surface area contributed by atoms with Crippen molar-refractivity contribution < 1.29 is 14.8 Å². The van der Waals surface area contributed by atoms with Gasteiger partial charge in [0.15, 0.2) is 0 Å². The maximum absolute atomic E-state index is 12.2. The van der Waals surface area contributed by atoms with Gasteiger partial charge in [0.05, 0.1) is 0 Å². The highest BCUT2D eigenvalue weighted by atomic mass is 79.9. The largest absolute Gasteiger partial charge is 0.325 e. The third-order valence-corrected chi connectivity index (χ3v) is 4.67. The van der Waals surface area contributed by atoms with E-state index >= 15 is 0 Å². The van der Waals surface area contributed by atoms with Crippen LogP contribution in [0.15, 0.2) is 28.7 Å². The van der Waals surface area contributed by atoms with Crippen molar-refractivity contribution in [3.8, 4) is 0 Å². The fourth-order valence-electron chi connectivity index (χ4n) is 2.77. The average molecular weight is 384 g/mol. The first-order valence-electron chi connectivity index (χ1n) is 7.83. The molecular weight excluding hydrogens is 362 g/mol. The van der Waals surface area contributed by atoms with Crippen molar-refractivity contribution in [2.45, 2.75) is 32.1 Å². The Balaban J connectivity index is 1.70. The van der Waals surface area contributed by atoms with E-state index in [1.54, 1.807) is 5.48 Å². The molecule has 0 saturated carbocycles. The number of piperidine rings is 1. The third kappa shape index (κ3) is 5.84. The number of hydrogen-bond donors (Lipinski definition) is 3. The molecule has 126 valence electrons. The molecule has 1 heterocycles. The molecular formula is C16H22BrN3O3. The molecule has 7 heteroatoms. The fraction of sp³-hybridized carbons (Fsp3) is 0.500. The first-order valence-corrected chi connectivity index (χ1v) is 8.62. The second kappa shape index (κ2) is 8.88. The van der Waals surface area contributed by atoms with Crippen LogP contribution in [0.1, 0.15) is 32.1 Å². The van der Waals surface area contributed by atoms with Crippen LogP contribution in [-0.4, -0.2) is 35.1 Å². The third-order valence-electron chi connectivity index (χ3n) is 4.14. The van der Waals surface area contributed by atoms with Gasteiger partial charge >= 0.3 is 6.03 Å². The first-order chi connectivity index (χ1) is 11.1. The number of halogens is 1. The Morgan fingerprint density at radius 2 is 1.87 bits per heavy atom. The van der Waals surface area contributed by atoms with Crippen LogP contribution < -0.4 is 10.8 Å². The number of urea groups is 1. The minimum absolute atomic E-state index is 0.0644. The molecule has 0 atom stereocenters. The van der Waals surface area contributed by atoms with Gasteiger partial charge in [0.2, 0.25) is 5.91 Å². The van der Waals surface area contributed by atoms with E-state index in [9.17, 15) is 9.59 Å². The second-order valence-corrected chi connectivity index (χ2v) is 6.71. The summed E-state index contributed by atoms with van der Waals surface area (Å²) in [6.07, 6.45) is 3.97. The molecule has 0 aliphatic carbocycles. The van der Waals surface area contributed by atoms with Gasteiger partial charge in [-0.1, -0.05) is 15.9 Å². The quantitative estimate of drug-likeness (QED) is 0.538. The molecule has 1 aliphatic heterocycles. The summed E-state index contributed by atoms with van der Waals surface area (Å²) < 4.78 is 0.978. The number of nitrogens with one attached hydrogen (secondary N) is 2. The first kappa shape index (κ1) is 17.7. The van der Waals surface area contributed by atoms with Crippen molar-refractivity contribution >= 4 is 33.6 Å². The summed E-state index contributed by atoms with van der Waals surface area (Å²) in [6, 6.07) is 7.45. The fourth-order valence-corrected chi connectivity index (χ4v) is 3.03. The van der Waals surface area contributed by atoms with Crippen molar-refractivity contribution in [2.24, 2.45) is 5.92 Å². The number of hydroxylamine groups is 1. The maximum atomic E-state index is 12.2. The van der Waals surface area contributed by atoms with Crippen LogP contribution in [0.3, 0.4) is 0 Å². The highest BCUT2D eigenvalue weighted by molar-refractivity contribution is 9.10. The summed E-state index contributed by atoms with van der Waals surface area (Å²) in [5.74, 6) is 0.203. The van der Waals surface area contributed by atoms with Gasteiger partial charge in [-0.3, -0.25) is 10.0 Å². The van der Waals surface area contributed by atoms with Crippen molar-refractivity contribution in [3.63, 3.8) is 0 Å². The van der Waals surface area contributed by atoms with Gasteiger partial charge in [-0.15, -0.1) is 0 Å². The topological polar surface area (TPSA) is 81.7 Å². The lowest BCUT2D eigenvalue weighted by atomic mass is 9.91. The number of carbonyl (C=O) groups excluding carboxylic acids is 2. The molecule has 1 fully saturated rings. The lowest BCUT2D eigenvalue weighted by Crippen LogP contribution is -2.41. The van der Waals surface area contributed by atoms with E-state index in [-0.39, 0.29) is 11.9 Å². The predicted octanol–water partition coefficient (Wildman–Crippen LogP) is 3.37. The van der Waals surface area contributed by atoms with E-state index in [1.165, 1.54) is 0 Å². The Kier molecular flexibility index (Phi) is 6.85. The van der Waals surface area contributed by atoms with Crippen LogP contribution in [0.5, 0.6) is 0 Å². The smallest absolute Gasteiger partial charge is 0.321 e. The molecule has 6 nitrogen and oxygen atoms in total. The van der Waals surface area contributed by atoms with Gasteiger partial charge in [-0.2, -0.15) is 0 Å². The summed E-state index contributed by atoms with van der Waals surface area (Å²) in [4.78, 5) is 25.0. The normalized spacial score (nSPS) is 15.3. The summed E-state index contributed by atoms with van der Waals surface area (Å²) in [5.41, 5.74) is 2.44. The zero-order valence-corrected chi connectivity index (χ0v) is 14.5. The van der Waals surface area contributed by atoms with Gasteiger partial charge in [0, 0.05) is 29.7 Å². The summed E-state index contributed by atoms with van der Waals surface area (Å²) in [6.45, 7) is 1.47. The van der Waals surface area contributed by atoms with E-state index < -0.39 is 0 Å². The van der Waals surface area contributed by atoms with E-state index in [4.69, 9.17) is 5.21 Å². The number of amides is 3. The molecule has 1 saturated heterocycles. The van der Waals surface area contributed by atoms with Crippen molar-refractivity contribution in [1.82, 2.24) is 10.4 Å². The Bertz CT molecular complexity index is 528. The van der Waals surface area contributed by atoms with E-state index in [0.717, 1.165) is 48.9 Å². The average Bonchev–Trinajstić information content (AvgIpc) is 2.57. The standard InChI is InChI=1S/C16H22BrN3O3/c17-13-4-6-14(7-5-13)18-16(22)20-10-8-12(9-11-20)2-1-3-15(21)19-23/h4-7,12,23H,1-3,8-11H2,(H,18,22)(H,19,21). The number of carbonyl (C=O) groups is 2. The van der Waals surface area contributed by atoms with Crippen LogP contribution in [0.25, 0.3) is 0 Å². The molecule has 23 heavy (non-hydrogen) atoms. The number of rotatable bonds is 5. The minimum Gasteiger partial charge on any atom is -0.325 e. The van der Waals surface area contributed by atoms with E-state index in [0.29, 0.717) is 12.3 Å². The van der Waals surface area contributed by atoms with Crippen molar-refractivity contribution in [1.29, 1.82) is 0 Å². The highest BCUT2D eigenvalue weighted by Gasteiger charge is 2.22. The molecule has 0 radical (unpaired) electrons. The molecule has 0 spiro atoms. The summed E-state index contributed by atoms with van der Waals surface area (Å²) >= 11 is 3.37. The minimum atomic E-state index is -0.337. The molecule has 1 aromatic rings. The molecule has 0 bridgehead atoms. The molecule has 2 rings (SSSR count). The summed E-state index contributed by atoms with van der Waals surface area (Å²) in [7, 11) is 0. The number of likely N-dealkylation sites (tertiary alicyclic amines) is 1. The number of benzene rings is 1. The van der Waals surface area contributed by atoms with E-state index in [1.807, 2.05) is 29.2 Å². The van der Waals surface area contributed by atoms with Crippen molar-refractivity contribution in [3.05, 3.63) is 28.7 Å². The molecule has 1 aromatic carbocycles. The second-order valence-electron chi connectivity index (χ2n) is 5.79. The zero-order valence-electron chi connectivity index (χ0n) is 12.9. The van der Waals surface area contributed by atoms with Crippen LogP contribution in [0.2, 0.25) is 0 Å². The zero-order chi connectivity index (χ0) is 16.7. The Hall–Kier alpha value is -1.60. The van der Waals surface area contributed by atoms with Crippen LogP contribution in [0, 0.1) is 5.92 Å². The molecule has 3 amide bonds. The SMILES string of the molecule is O=C(CCCC1CCN(C(=O)Nc2ccc(Br)cc2)CC1)NO. The summed E-state index contributed by atoms with van der Waals surface area (Å²) in [5, 5.41) is 11.4. The number of anilines is 1. The lowest BCUT2D eigenvalue weighted by Gasteiger charge is -2.32. The Morgan fingerprint density at radius 1 is 1.22 bits per heavy atom. The van der Waals surface area contributed by atoms with Gasteiger partial charge in [-0.05, 0) is 55.9 Å². The highest BCUT2D eigenvalue weighted by Crippen LogP contribution is 2.23. The van der Waals surface area contributed by atoms with Gasteiger partial charge < -0.3 is 10.2 Å². The Morgan fingerprint density at radius 3 is 2.48 bits per heavy atom. The van der Waals surface area contributed by atoms with Gasteiger partial charge in [0.1, 0.15) is 0 Å². The van der Waals surface area contributed by atoms with Crippen LogP contribution >= 0.6 is 15.9 Å². The molecule has 0 aromatic heterocycles. The molecule has 0 unspecified atom stereocenters. The van der Waals surface area contributed by atoms with E-state index in [2.05, 4.69) is 21.2 Å². The van der Waals surface area contributed by atoms with Crippen molar-refractivity contribution in [2.75, 3.05) is 18.4 Å². The van der Waals surface area contributed by atoms with Crippen LogP contribution in [0.4, 0.5) is 10.5 Å². The van der Waals surface area contributed by atoms with Gasteiger partial charge in [-0.25, -0.2) is 10.3 Å². The number of nitrogens with zero attached hydrogens (tertiary/aromatic N) is 1. The molecule has 1 aliphatic rings. The van der Waals surface area contributed by atoms with Crippen LogP contribution in [-0.2, 0) is 4.79 Å². The molecule has 3 N–H and O–H groups in total.